The number of nitrogens with zero attached hydrogens (tertiary/aromatic N) is 5. The topological polar surface area (TPSA) is 102 Å². The van der Waals surface area contributed by atoms with Gasteiger partial charge in [-0.2, -0.15) is 5.10 Å². The van der Waals surface area contributed by atoms with Crippen molar-refractivity contribution in [1.29, 1.82) is 0 Å². The summed E-state index contributed by atoms with van der Waals surface area (Å²) in [5, 5.41) is 13.2. The number of Topliss-reactive ketones (excluding diaryl/α,β-unsaturated/α-hetero) is 1. The summed E-state index contributed by atoms with van der Waals surface area (Å²) in [5.74, 6) is 0.555. The van der Waals surface area contributed by atoms with Crippen LogP contribution in [0.3, 0.4) is 0 Å². The number of amides is 1. The Kier molecular flexibility index (Phi) is 7.45. The lowest BCUT2D eigenvalue weighted by Gasteiger charge is -2.10. The van der Waals surface area contributed by atoms with E-state index in [1.54, 1.807) is 19.3 Å². The van der Waals surface area contributed by atoms with Gasteiger partial charge in [0, 0.05) is 30.1 Å². The smallest absolute Gasteiger partial charge is 0.250 e. The molecule has 3 aromatic rings. The zero-order valence-electron chi connectivity index (χ0n) is 16.8. The number of thioether (sulfide) groups is 1. The molecule has 2 aromatic heterocycles. The molecular weight excluding hydrogens is 400 g/mol. The van der Waals surface area contributed by atoms with E-state index in [1.807, 2.05) is 47.0 Å². The molecule has 1 amide bonds. The summed E-state index contributed by atoms with van der Waals surface area (Å²) in [5.41, 5.74) is 5.04. The molecule has 1 N–H and O–H groups in total. The van der Waals surface area contributed by atoms with Crippen molar-refractivity contribution in [3.8, 4) is 11.4 Å². The summed E-state index contributed by atoms with van der Waals surface area (Å²) in [6.45, 7) is 3.76. The second-order valence-corrected chi connectivity index (χ2v) is 7.61. The van der Waals surface area contributed by atoms with Crippen molar-refractivity contribution in [3.63, 3.8) is 0 Å². The summed E-state index contributed by atoms with van der Waals surface area (Å²) in [7, 11) is 0. The first-order valence-corrected chi connectivity index (χ1v) is 10.3. The van der Waals surface area contributed by atoms with E-state index in [1.165, 1.54) is 18.7 Å². The van der Waals surface area contributed by atoms with Gasteiger partial charge in [0.1, 0.15) is 5.78 Å². The minimum absolute atomic E-state index is 0.00229. The Morgan fingerprint density at radius 3 is 2.50 bits per heavy atom. The second-order valence-electron chi connectivity index (χ2n) is 6.66. The molecule has 2 heterocycles. The van der Waals surface area contributed by atoms with Crippen LogP contribution in [-0.4, -0.2) is 42.9 Å². The van der Waals surface area contributed by atoms with Gasteiger partial charge in [0.2, 0.25) is 0 Å². The quantitative estimate of drug-likeness (QED) is 0.323. The molecule has 0 aliphatic carbocycles. The molecule has 3 rings (SSSR count). The van der Waals surface area contributed by atoms with Crippen molar-refractivity contribution in [2.24, 2.45) is 5.10 Å². The molecule has 0 saturated heterocycles. The molecule has 0 aliphatic heterocycles. The molecule has 0 fully saturated rings. The Bertz CT molecular complexity index is 1030. The molecule has 0 saturated carbocycles. The van der Waals surface area contributed by atoms with Crippen molar-refractivity contribution in [2.45, 2.75) is 32.0 Å². The minimum atomic E-state index is -0.275. The maximum Gasteiger partial charge on any atom is 0.250 e. The van der Waals surface area contributed by atoms with E-state index in [-0.39, 0.29) is 23.9 Å². The van der Waals surface area contributed by atoms with E-state index < -0.39 is 0 Å². The molecular formula is C21H22N6O2S. The van der Waals surface area contributed by atoms with E-state index in [2.05, 4.69) is 25.7 Å². The standard InChI is InChI=1S/C21H22N6O2S/c1-15(12-16(2)28)23-24-19(29)14-30-21-26-25-20(18-8-10-22-11-9-18)27(21)13-17-6-4-3-5-7-17/h3-11H,12-14H2,1-2H3,(H,24,29)/b23-15+. The summed E-state index contributed by atoms with van der Waals surface area (Å²) in [6.07, 6.45) is 3.63. The third kappa shape index (κ3) is 6.08. The van der Waals surface area contributed by atoms with Crippen LogP contribution in [-0.2, 0) is 16.1 Å². The highest BCUT2D eigenvalue weighted by Gasteiger charge is 2.16. The Morgan fingerprint density at radius 1 is 1.07 bits per heavy atom. The fourth-order valence-electron chi connectivity index (χ4n) is 2.74. The van der Waals surface area contributed by atoms with E-state index >= 15 is 0 Å². The highest BCUT2D eigenvalue weighted by molar-refractivity contribution is 7.99. The van der Waals surface area contributed by atoms with E-state index in [0.29, 0.717) is 23.2 Å². The predicted molar refractivity (Wildman–Crippen MR) is 116 cm³/mol. The maximum atomic E-state index is 12.2. The van der Waals surface area contributed by atoms with Crippen molar-refractivity contribution in [1.82, 2.24) is 25.2 Å². The van der Waals surface area contributed by atoms with Gasteiger partial charge < -0.3 is 0 Å². The van der Waals surface area contributed by atoms with Crippen LogP contribution in [0.4, 0.5) is 0 Å². The third-order valence-electron chi connectivity index (χ3n) is 4.05. The monoisotopic (exact) mass is 422 g/mol. The first kappa shape index (κ1) is 21.4. The minimum Gasteiger partial charge on any atom is -0.300 e. The summed E-state index contributed by atoms with van der Waals surface area (Å²) < 4.78 is 1.98. The SMILES string of the molecule is CC(=O)C/C(C)=N/NC(=O)CSc1nnc(-c2ccncc2)n1Cc1ccccc1. The van der Waals surface area contributed by atoms with Gasteiger partial charge in [0.15, 0.2) is 11.0 Å². The maximum absolute atomic E-state index is 12.2. The average molecular weight is 423 g/mol. The molecule has 0 bridgehead atoms. The number of carbonyl (C=O) groups is 2. The number of aromatic nitrogens is 4. The fourth-order valence-corrected chi connectivity index (χ4v) is 3.47. The molecule has 154 valence electrons. The Hall–Kier alpha value is -3.33. The van der Waals surface area contributed by atoms with Crippen LogP contribution in [0.25, 0.3) is 11.4 Å². The molecule has 8 nitrogen and oxygen atoms in total. The highest BCUT2D eigenvalue weighted by atomic mass is 32.2. The van der Waals surface area contributed by atoms with Gasteiger partial charge in [-0.15, -0.1) is 10.2 Å². The van der Waals surface area contributed by atoms with Gasteiger partial charge in [0.25, 0.3) is 5.91 Å². The van der Waals surface area contributed by atoms with Crippen LogP contribution in [0.5, 0.6) is 0 Å². The summed E-state index contributed by atoms with van der Waals surface area (Å²) >= 11 is 1.28. The van der Waals surface area contributed by atoms with Crippen LogP contribution in [0.1, 0.15) is 25.8 Å². The van der Waals surface area contributed by atoms with Crippen molar-refractivity contribution >= 4 is 29.2 Å². The van der Waals surface area contributed by atoms with Gasteiger partial charge in [0.05, 0.1) is 12.3 Å². The van der Waals surface area contributed by atoms with Gasteiger partial charge in [-0.05, 0) is 31.5 Å². The summed E-state index contributed by atoms with van der Waals surface area (Å²) in [6, 6.07) is 13.7. The molecule has 0 atom stereocenters. The van der Waals surface area contributed by atoms with Crippen molar-refractivity contribution in [2.75, 3.05) is 5.75 Å². The van der Waals surface area contributed by atoms with Gasteiger partial charge >= 0.3 is 0 Å². The number of hydrogen-bond donors (Lipinski definition) is 1. The second kappa shape index (κ2) is 10.4. The number of hydrogen-bond acceptors (Lipinski definition) is 7. The molecule has 1 aromatic carbocycles. The van der Waals surface area contributed by atoms with E-state index in [9.17, 15) is 9.59 Å². The van der Waals surface area contributed by atoms with Gasteiger partial charge in [-0.3, -0.25) is 19.1 Å². The number of ketones is 1. The Labute approximate surface area is 178 Å². The Morgan fingerprint density at radius 2 is 1.80 bits per heavy atom. The molecule has 0 aliphatic rings. The third-order valence-corrected chi connectivity index (χ3v) is 5.01. The zero-order chi connectivity index (χ0) is 21.3. The number of pyridine rings is 1. The first-order chi connectivity index (χ1) is 14.5. The van der Waals surface area contributed by atoms with Crippen LogP contribution in [0.2, 0.25) is 0 Å². The lowest BCUT2D eigenvalue weighted by atomic mass is 10.2. The number of hydrazone groups is 1. The van der Waals surface area contributed by atoms with Crippen LogP contribution < -0.4 is 5.43 Å². The van der Waals surface area contributed by atoms with Crippen LogP contribution in [0, 0.1) is 0 Å². The first-order valence-electron chi connectivity index (χ1n) is 9.34. The largest absolute Gasteiger partial charge is 0.300 e. The highest BCUT2D eigenvalue weighted by Crippen LogP contribution is 2.24. The van der Waals surface area contributed by atoms with E-state index in [0.717, 1.165) is 11.1 Å². The zero-order valence-corrected chi connectivity index (χ0v) is 17.6. The predicted octanol–water partition coefficient (Wildman–Crippen LogP) is 2.95. The number of rotatable bonds is 9. The molecule has 0 radical (unpaired) electrons. The van der Waals surface area contributed by atoms with E-state index in [4.69, 9.17) is 0 Å². The number of benzene rings is 1. The number of nitrogens with one attached hydrogen (secondary N) is 1. The molecule has 30 heavy (non-hydrogen) atoms. The van der Waals surface area contributed by atoms with Gasteiger partial charge in [-0.25, -0.2) is 5.43 Å². The average Bonchev–Trinajstić information content (AvgIpc) is 3.14. The Balaban J connectivity index is 1.75. The fraction of sp³-hybridized carbons (Fsp3) is 0.238. The number of carbonyl (C=O) groups excluding carboxylic acids is 2. The molecule has 0 spiro atoms. The van der Waals surface area contributed by atoms with Crippen LogP contribution in [0.15, 0.2) is 65.1 Å². The molecule has 0 unspecified atom stereocenters. The van der Waals surface area contributed by atoms with Crippen LogP contribution >= 0.6 is 11.8 Å². The normalized spacial score (nSPS) is 11.3. The van der Waals surface area contributed by atoms with Gasteiger partial charge in [-0.1, -0.05) is 42.1 Å². The summed E-state index contributed by atoms with van der Waals surface area (Å²) in [4.78, 5) is 27.3. The van der Waals surface area contributed by atoms with Crippen molar-refractivity contribution in [3.05, 3.63) is 60.4 Å². The van der Waals surface area contributed by atoms with Crippen molar-refractivity contribution < 1.29 is 9.59 Å². The lowest BCUT2D eigenvalue weighted by Crippen LogP contribution is -2.21. The molecule has 9 heteroatoms. The lowest BCUT2D eigenvalue weighted by molar-refractivity contribution is -0.119.